The minimum Gasteiger partial charge on any atom is -0.480 e. The molecule has 0 rings (SSSR count). The van der Waals surface area contributed by atoms with Crippen LogP contribution >= 0.6 is 23.5 Å². The van der Waals surface area contributed by atoms with Crippen molar-refractivity contribution in [2.45, 2.75) is 70.1 Å². The lowest BCUT2D eigenvalue weighted by atomic mass is 10.0. The zero-order valence-electron chi connectivity index (χ0n) is 20.1. The smallest absolute Gasteiger partial charge is 0.326 e. The fourth-order valence-corrected chi connectivity index (χ4v) is 3.92. The highest BCUT2D eigenvalue weighted by Gasteiger charge is 2.31. The van der Waals surface area contributed by atoms with Gasteiger partial charge < -0.3 is 32.5 Å². The third-order valence-corrected chi connectivity index (χ3v) is 6.31. The number of nitrogens with one attached hydrogen (secondary N) is 3. The molecule has 0 saturated heterocycles. The van der Waals surface area contributed by atoms with Crippen molar-refractivity contribution in [1.82, 2.24) is 16.0 Å². The lowest BCUT2D eigenvalue weighted by Gasteiger charge is -2.27. The van der Waals surface area contributed by atoms with Crippen molar-refractivity contribution in [3.05, 3.63) is 0 Å². The van der Waals surface area contributed by atoms with Crippen LogP contribution in [-0.4, -0.2) is 83.5 Å². The van der Waals surface area contributed by atoms with Crippen molar-refractivity contribution in [3.8, 4) is 0 Å². The number of hydrogen-bond acceptors (Lipinski definition) is 8. The number of rotatable bonds is 18. The average molecular weight is 508 g/mol. The Hall–Kier alpha value is -1.50. The van der Waals surface area contributed by atoms with Gasteiger partial charge in [0.25, 0.3) is 0 Å². The summed E-state index contributed by atoms with van der Waals surface area (Å²) in [5.41, 5.74) is 11.5. The predicted molar refractivity (Wildman–Crippen MR) is 135 cm³/mol. The molecular weight excluding hydrogens is 466 g/mol. The molecule has 0 aliphatic carbocycles. The molecule has 0 bridgehead atoms. The molecule has 4 atom stereocenters. The van der Waals surface area contributed by atoms with Crippen LogP contribution in [0.15, 0.2) is 0 Å². The van der Waals surface area contributed by atoms with Gasteiger partial charge in [0.05, 0.1) is 6.04 Å². The highest BCUT2D eigenvalue weighted by atomic mass is 32.2. The predicted octanol–water partition coefficient (Wildman–Crippen LogP) is 0.144. The van der Waals surface area contributed by atoms with Crippen LogP contribution in [0.4, 0.5) is 0 Å². The molecule has 0 saturated carbocycles. The van der Waals surface area contributed by atoms with Gasteiger partial charge in [-0.3, -0.25) is 14.4 Å². The number of thioether (sulfide) groups is 2. The number of unbranched alkanes of at least 4 members (excludes halogenated alkanes) is 1. The first-order valence-corrected chi connectivity index (χ1v) is 13.9. The second-order valence-corrected chi connectivity index (χ2v) is 10.1. The number of carbonyl (C=O) groups excluding carboxylic acids is 3. The largest absolute Gasteiger partial charge is 0.480 e. The van der Waals surface area contributed by atoms with Crippen molar-refractivity contribution in [2.24, 2.45) is 17.4 Å². The Balaban J connectivity index is 5.35. The van der Waals surface area contributed by atoms with E-state index in [0.29, 0.717) is 38.0 Å². The van der Waals surface area contributed by atoms with E-state index in [1.54, 1.807) is 25.6 Å². The Morgan fingerprint density at radius 2 is 1.39 bits per heavy atom. The van der Waals surface area contributed by atoms with Crippen molar-refractivity contribution in [3.63, 3.8) is 0 Å². The third-order valence-electron chi connectivity index (χ3n) is 5.02. The molecule has 0 spiro atoms. The summed E-state index contributed by atoms with van der Waals surface area (Å²) in [6, 6.07) is -3.60. The standard InChI is InChI=1S/C21H41N5O5S2/c1-13(2)17(26-18(27)14(23)8-11-32-3)20(29)24-15(7-5-6-10-22)19(28)25-16(21(30)31)9-12-33-4/h13-17H,5-12,22-23H2,1-4H3,(H,24,29)(H,25,28)(H,26,27)(H,30,31). The van der Waals surface area contributed by atoms with Crippen LogP contribution in [0.5, 0.6) is 0 Å². The normalized spacial score (nSPS) is 14.8. The molecule has 10 nitrogen and oxygen atoms in total. The number of aliphatic carboxylic acids is 1. The zero-order valence-corrected chi connectivity index (χ0v) is 21.7. The van der Waals surface area contributed by atoms with E-state index in [-0.39, 0.29) is 12.3 Å². The summed E-state index contributed by atoms with van der Waals surface area (Å²) in [5, 5.41) is 17.3. The highest BCUT2D eigenvalue weighted by Crippen LogP contribution is 2.08. The van der Waals surface area contributed by atoms with Crippen LogP contribution in [0.2, 0.25) is 0 Å². The lowest BCUT2D eigenvalue weighted by molar-refractivity contribution is -0.142. The molecule has 0 aliphatic rings. The molecule has 0 radical (unpaired) electrons. The van der Waals surface area contributed by atoms with Crippen molar-refractivity contribution < 1.29 is 24.3 Å². The van der Waals surface area contributed by atoms with E-state index >= 15 is 0 Å². The number of nitrogens with two attached hydrogens (primary N) is 2. The first kappa shape index (κ1) is 31.5. The van der Waals surface area contributed by atoms with E-state index < -0.39 is 47.9 Å². The van der Waals surface area contributed by atoms with Gasteiger partial charge in [-0.25, -0.2) is 4.79 Å². The van der Waals surface area contributed by atoms with Crippen LogP contribution in [-0.2, 0) is 19.2 Å². The number of hydrogen-bond donors (Lipinski definition) is 6. The number of carboxylic acids is 1. The first-order chi connectivity index (χ1) is 15.6. The quantitative estimate of drug-likeness (QED) is 0.141. The maximum absolute atomic E-state index is 13.0. The van der Waals surface area contributed by atoms with Gasteiger partial charge in [-0.15, -0.1) is 0 Å². The van der Waals surface area contributed by atoms with Gasteiger partial charge in [0, 0.05) is 0 Å². The minimum absolute atomic E-state index is 0.247. The summed E-state index contributed by atoms with van der Waals surface area (Å²) in [6.07, 6.45) is 6.06. The number of carbonyl (C=O) groups is 4. The Bertz CT molecular complexity index is 624. The molecule has 0 aromatic rings. The molecule has 33 heavy (non-hydrogen) atoms. The highest BCUT2D eigenvalue weighted by molar-refractivity contribution is 7.98. The van der Waals surface area contributed by atoms with Gasteiger partial charge in [-0.05, 0) is 68.6 Å². The first-order valence-electron chi connectivity index (χ1n) is 11.2. The summed E-state index contributed by atoms with van der Waals surface area (Å²) >= 11 is 3.06. The van der Waals surface area contributed by atoms with E-state index in [0.717, 1.165) is 5.75 Å². The Morgan fingerprint density at radius 1 is 0.818 bits per heavy atom. The molecule has 4 unspecified atom stereocenters. The van der Waals surface area contributed by atoms with Gasteiger partial charge in [-0.2, -0.15) is 23.5 Å². The molecule has 0 heterocycles. The fourth-order valence-electron chi connectivity index (χ4n) is 2.96. The molecule has 0 aromatic heterocycles. The third kappa shape index (κ3) is 13.1. The van der Waals surface area contributed by atoms with Crippen molar-refractivity contribution in [1.29, 1.82) is 0 Å². The van der Waals surface area contributed by atoms with Gasteiger partial charge in [0.15, 0.2) is 0 Å². The second kappa shape index (κ2) is 17.9. The fraction of sp³-hybridized carbons (Fsp3) is 0.810. The average Bonchev–Trinajstić information content (AvgIpc) is 2.76. The molecule has 3 amide bonds. The molecule has 0 aliphatic heterocycles. The summed E-state index contributed by atoms with van der Waals surface area (Å²) in [7, 11) is 0. The summed E-state index contributed by atoms with van der Waals surface area (Å²) in [5.74, 6) is -1.60. The Morgan fingerprint density at radius 3 is 1.91 bits per heavy atom. The van der Waals surface area contributed by atoms with Gasteiger partial charge >= 0.3 is 5.97 Å². The summed E-state index contributed by atoms with van der Waals surface area (Å²) in [4.78, 5) is 49.8. The van der Waals surface area contributed by atoms with E-state index in [1.165, 1.54) is 11.8 Å². The van der Waals surface area contributed by atoms with E-state index in [9.17, 15) is 24.3 Å². The molecule has 12 heteroatoms. The number of amides is 3. The van der Waals surface area contributed by atoms with Crippen LogP contribution in [0.1, 0.15) is 46.0 Å². The van der Waals surface area contributed by atoms with E-state index in [4.69, 9.17) is 11.5 Å². The lowest BCUT2D eigenvalue weighted by Crippen LogP contribution is -2.58. The summed E-state index contributed by atoms with van der Waals surface area (Å²) in [6.45, 7) is 4.00. The molecule has 0 fully saturated rings. The van der Waals surface area contributed by atoms with Crippen LogP contribution in [0.25, 0.3) is 0 Å². The van der Waals surface area contributed by atoms with Crippen LogP contribution in [0, 0.1) is 5.92 Å². The van der Waals surface area contributed by atoms with Gasteiger partial charge in [0.2, 0.25) is 17.7 Å². The maximum Gasteiger partial charge on any atom is 0.326 e. The van der Waals surface area contributed by atoms with Crippen LogP contribution < -0.4 is 27.4 Å². The van der Waals surface area contributed by atoms with Gasteiger partial charge in [-0.1, -0.05) is 13.8 Å². The van der Waals surface area contributed by atoms with Crippen molar-refractivity contribution >= 4 is 47.2 Å². The van der Waals surface area contributed by atoms with Crippen LogP contribution in [0.3, 0.4) is 0 Å². The van der Waals surface area contributed by atoms with E-state index in [1.807, 2.05) is 12.5 Å². The maximum atomic E-state index is 13.0. The summed E-state index contributed by atoms with van der Waals surface area (Å²) < 4.78 is 0. The monoisotopic (exact) mass is 507 g/mol. The van der Waals surface area contributed by atoms with E-state index in [2.05, 4.69) is 16.0 Å². The molecule has 192 valence electrons. The number of carboxylic acid groups (broad SMARTS) is 1. The molecule has 0 aromatic carbocycles. The second-order valence-electron chi connectivity index (χ2n) is 8.14. The van der Waals surface area contributed by atoms with Crippen molar-refractivity contribution in [2.75, 3.05) is 30.6 Å². The SMILES string of the molecule is CSCCC(N)C(=O)NC(C(=O)NC(CCCCN)C(=O)NC(CCSC)C(=O)O)C(C)C. The Labute approximate surface area is 205 Å². The molecular formula is C21H41N5O5S2. The topological polar surface area (TPSA) is 177 Å². The minimum atomic E-state index is -1.13. The zero-order chi connectivity index (χ0) is 25.4. The van der Waals surface area contributed by atoms with Gasteiger partial charge in [0.1, 0.15) is 18.1 Å². The molecule has 8 N–H and O–H groups in total. The Kier molecular flexibility index (Phi) is 17.1.